The van der Waals surface area contributed by atoms with Gasteiger partial charge in [-0.2, -0.15) is 4.98 Å². The predicted molar refractivity (Wildman–Crippen MR) is 160 cm³/mol. The molecule has 1 fully saturated rings. The van der Waals surface area contributed by atoms with Gasteiger partial charge >= 0.3 is 6.01 Å². The fraction of sp³-hybridized carbons (Fsp3) is 0.310. The summed E-state index contributed by atoms with van der Waals surface area (Å²) in [5, 5.41) is 13.5. The molecule has 0 bridgehead atoms. The van der Waals surface area contributed by atoms with E-state index in [2.05, 4.69) is 25.6 Å². The van der Waals surface area contributed by atoms with Gasteiger partial charge in [-0.15, -0.1) is 0 Å². The number of halogens is 1. The Balaban J connectivity index is 1.60. The number of aromatic nitrogens is 4. The molecule has 0 atom stereocenters. The number of anilines is 2. The van der Waals surface area contributed by atoms with Crippen LogP contribution >= 0.6 is 0 Å². The zero-order valence-corrected chi connectivity index (χ0v) is 24.1. The standard InChI is InChI=1S/C29H35FN10O2/c1-20-9-10-33-29(35-20)42-25-8-7-21(16-24(25)30)23-19-34-28(36-22(17-31)18-32-2)37-27(23)40-14-12-39(13-15-40)26(41)6-5-11-38(3)4/h5-10,16-19,31-32H,11-15H2,1-4H3,(H,34,36,37)/b6-5+,22-18+,31-17?. The van der Waals surface area contributed by atoms with Crippen LogP contribution in [0.25, 0.3) is 11.1 Å². The Morgan fingerprint density at radius 1 is 1.17 bits per heavy atom. The second kappa shape index (κ2) is 14.1. The average Bonchev–Trinajstić information content (AvgIpc) is 2.98. The summed E-state index contributed by atoms with van der Waals surface area (Å²) < 4.78 is 20.8. The maximum atomic E-state index is 15.2. The normalized spacial score (nSPS) is 13.9. The number of likely N-dealkylation sites (N-methyl/N-ethyl adjacent to an activating group) is 1. The highest BCUT2D eigenvalue weighted by Gasteiger charge is 2.24. The Morgan fingerprint density at radius 3 is 2.62 bits per heavy atom. The summed E-state index contributed by atoms with van der Waals surface area (Å²) in [5.41, 5.74) is 2.32. The third-order valence-electron chi connectivity index (χ3n) is 6.32. The van der Waals surface area contributed by atoms with Gasteiger partial charge in [0.25, 0.3) is 0 Å². The lowest BCUT2D eigenvalue weighted by Crippen LogP contribution is -2.48. The number of piperazine rings is 1. The SMILES string of the molecule is CN/C=C(\C=N)Nc1ncc(-c2ccc(Oc3nccc(C)n3)c(F)c2)c(N2CCN(C(=O)/C=C/CN(C)C)CC2)n1. The molecule has 220 valence electrons. The van der Waals surface area contributed by atoms with Crippen LogP contribution in [0.15, 0.2) is 60.7 Å². The fourth-order valence-corrected chi connectivity index (χ4v) is 4.21. The minimum atomic E-state index is -0.589. The van der Waals surface area contributed by atoms with Crippen molar-refractivity contribution in [3.8, 4) is 22.9 Å². The summed E-state index contributed by atoms with van der Waals surface area (Å²) in [4.78, 5) is 35.9. The van der Waals surface area contributed by atoms with Gasteiger partial charge in [-0.1, -0.05) is 12.1 Å². The van der Waals surface area contributed by atoms with E-state index in [1.165, 1.54) is 12.1 Å². The van der Waals surface area contributed by atoms with Crippen molar-refractivity contribution in [1.29, 1.82) is 5.41 Å². The summed E-state index contributed by atoms with van der Waals surface area (Å²) in [7, 11) is 5.62. The van der Waals surface area contributed by atoms with E-state index < -0.39 is 5.82 Å². The molecule has 1 aromatic carbocycles. The van der Waals surface area contributed by atoms with Gasteiger partial charge in [-0.25, -0.2) is 19.3 Å². The molecule has 3 N–H and O–H groups in total. The molecule has 0 radical (unpaired) electrons. The molecular formula is C29H35FN10O2. The van der Waals surface area contributed by atoms with Crippen LogP contribution in [-0.2, 0) is 4.79 Å². The summed E-state index contributed by atoms with van der Waals surface area (Å²) in [6.07, 6.45) is 9.38. The maximum absolute atomic E-state index is 15.2. The van der Waals surface area contributed by atoms with Crippen molar-refractivity contribution >= 4 is 23.9 Å². The molecule has 3 aromatic rings. The second-order valence-electron chi connectivity index (χ2n) is 9.79. The lowest BCUT2D eigenvalue weighted by molar-refractivity contribution is -0.126. The Hall–Kier alpha value is -4.91. The zero-order valence-electron chi connectivity index (χ0n) is 24.1. The number of allylic oxidation sites excluding steroid dienone is 1. The summed E-state index contributed by atoms with van der Waals surface area (Å²) in [5.74, 6) is 0.221. The Labute approximate surface area is 244 Å². The predicted octanol–water partition coefficient (Wildman–Crippen LogP) is 3.06. The first-order valence-electron chi connectivity index (χ1n) is 13.4. The number of carbonyl (C=O) groups is 1. The molecule has 4 rings (SSSR count). The monoisotopic (exact) mass is 574 g/mol. The molecule has 3 heterocycles. The first-order chi connectivity index (χ1) is 20.3. The van der Waals surface area contributed by atoms with Gasteiger partial charge in [-0.05, 0) is 44.8 Å². The topological polar surface area (TPSA) is 135 Å². The third kappa shape index (κ3) is 7.85. The first kappa shape index (κ1) is 30.1. The van der Waals surface area contributed by atoms with E-state index in [1.807, 2.05) is 30.0 Å². The van der Waals surface area contributed by atoms with E-state index in [-0.39, 0.29) is 23.6 Å². The number of benzene rings is 1. The van der Waals surface area contributed by atoms with E-state index in [4.69, 9.17) is 15.1 Å². The van der Waals surface area contributed by atoms with E-state index in [9.17, 15) is 4.79 Å². The Bertz CT molecular complexity index is 1470. The maximum Gasteiger partial charge on any atom is 0.322 e. The highest BCUT2D eigenvalue weighted by atomic mass is 19.1. The van der Waals surface area contributed by atoms with Crippen LogP contribution in [0.3, 0.4) is 0 Å². The summed E-state index contributed by atoms with van der Waals surface area (Å²) >= 11 is 0. The fourth-order valence-electron chi connectivity index (χ4n) is 4.21. The van der Waals surface area contributed by atoms with Crippen LogP contribution in [-0.4, -0.2) is 95.7 Å². The van der Waals surface area contributed by atoms with E-state index in [0.29, 0.717) is 61.1 Å². The number of hydrogen-bond acceptors (Lipinski definition) is 11. The molecule has 12 nitrogen and oxygen atoms in total. The Morgan fingerprint density at radius 2 is 1.95 bits per heavy atom. The molecule has 1 saturated heterocycles. The smallest absolute Gasteiger partial charge is 0.322 e. The van der Waals surface area contributed by atoms with Crippen LogP contribution in [0, 0.1) is 18.2 Å². The molecule has 1 aliphatic heterocycles. The van der Waals surface area contributed by atoms with Gasteiger partial charge in [0.15, 0.2) is 11.6 Å². The van der Waals surface area contributed by atoms with Crippen LogP contribution < -0.4 is 20.3 Å². The molecule has 13 heteroatoms. The van der Waals surface area contributed by atoms with Gasteiger partial charge in [0.1, 0.15) is 5.82 Å². The minimum absolute atomic E-state index is 0.00705. The number of amides is 1. The summed E-state index contributed by atoms with van der Waals surface area (Å²) in [6, 6.07) is 6.39. The molecule has 1 amide bonds. The highest BCUT2D eigenvalue weighted by Crippen LogP contribution is 2.33. The molecule has 0 unspecified atom stereocenters. The largest absolute Gasteiger partial charge is 0.421 e. The van der Waals surface area contributed by atoms with Gasteiger partial charge < -0.3 is 35.5 Å². The van der Waals surface area contributed by atoms with Crippen molar-refractivity contribution in [2.45, 2.75) is 6.92 Å². The first-order valence-corrected chi connectivity index (χ1v) is 13.4. The van der Waals surface area contributed by atoms with Crippen LogP contribution in [0.1, 0.15) is 5.69 Å². The number of hydrogen-bond donors (Lipinski definition) is 3. The minimum Gasteiger partial charge on any atom is -0.421 e. The molecular weight excluding hydrogens is 539 g/mol. The number of aryl methyl sites for hydroxylation is 1. The molecule has 42 heavy (non-hydrogen) atoms. The van der Waals surface area contributed by atoms with Crippen molar-refractivity contribution in [3.05, 3.63) is 72.2 Å². The quantitative estimate of drug-likeness (QED) is 0.232. The number of nitrogens with zero attached hydrogens (tertiary/aromatic N) is 7. The summed E-state index contributed by atoms with van der Waals surface area (Å²) in [6.45, 7) is 4.53. The van der Waals surface area contributed by atoms with E-state index in [0.717, 1.165) is 6.21 Å². The Kier molecular flexibility index (Phi) is 10.1. The van der Waals surface area contributed by atoms with Gasteiger partial charge in [-0.3, -0.25) is 4.79 Å². The highest BCUT2D eigenvalue weighted by molar-refractivity contribution is 5.88. The molecule has 2 aromatic heterocycles. The van der Waals surface area contributed by atoms with Gasteiger partial charge in [0, 0.05) is 81.9 Å². The number of nitrogens with one attached hydrogen (secondary N) is 3. The van der Waals surface area contributed by atoms with E-state index >= 15 is 4.39 Å². The second-order valence-corrected chi connectivity index (χ2v) is 9.79. The lowest BCUT2D eigenvalue weighted by Gasteiger charge is -2.36. The van der Waals surface area contributed by atoms with Crippen LogP contribution in [0.4, 0.5) is 16.2 Å². The number of rotatable bonds is 11. The van der Waals surface area contributed by atoms with Gasteiger partial charge in [0.2, 0.25) is 11.9 Å². The molecule has 0 saturated carbocycles. The number of ether oxygens (including phenoxy) is 1. The van der Waals surface area contributed by atoms with Gasteiger partial charge in [0.05, 0.1) is 5.70 Å². The zero-order chi connectivity index (χ0) is 30.1. The van der Waals surface area contributed by atoms with Crippen molar-refractivity contribution < 1.29 is 13.9 Å². The molecule has 0 aliphatic carbocycles. The van der Waals surface area contributed by atoms with Crippen molar-refractivity contribution in [2.24, 2.45) is 0 Å². The molecule has 1 aliphatic rings. The number of carbonyl (C=O) groups excluding carboxylic acids is 1. The van der Waals surface area contributed by atoms with Crippen LogP contribution in [0.5, 0.6) is 11.8 Å². The molecule has 0 spiro atoms. The van der Waals surface area contributed by atoms with Crippen LogP contribution in [0.2, 0.25) is 0 Å². The van der Waals surface area contributed by atoms with Crippen molar-refractivity contribution in [2.75, 3.05) is 64.1 Å². The van der Waals surface area contributed by atoms with Crippen molar-refractivity contribution in [1.82, 2.24) is 35.1 Å². The third-order valence-corrected chi connectivity index (χ3v) is 6.32. The lowest BCUT2D eigenvalue weighted by atomic mass is 10.1. The average molecular weight is 575 g/mol. The van der Waals surface area contributed by atoms with Crippen molar-refractivity contribution in [3.63, 3.8) is 0 Å². The van der Waals surface area contributed by atoms with E-state index in [1.54, 1.807) is 55.7 Å².